The molecule has 2 N–H and O–H groups in total. The molecule has 0 atom stereocenters. The second-order valence-electron chi connectivity index (χ2n) is 7.16. The minimum Gasteiger partial charge on any atom is -0.454 e. The molecule has 2 heterocycles. The summed E-state index contributed by atoms with van der Waals surface area (Å²) in [5.74, 6) is 0.883. The highest BCUT2D eigenvalue weighted by atomic mass is 16.7. The van der Waals surface area contributed by atoms with Crippen molar-refractivity contribution < 1.29 is 19.1 Å². The van der Waals surface area contributed by atoms with Gasteiger partial charge in [0.05, 0.1) is 6.21 Å². The summed E-state index contributed by atoms with van der Waals surface area (Å²) >= 11 is 0. The van der Waals surface area contributed by atoms with Crippen molar-refractivity contribution in [1.82, 2.24) is 9.99 Å². The summed E-state index contributed by atoms with van der Waals surface area (Å²) in [7, 11) is 0. The molecule has 0 unspecified atom stereocenters. The number of carbonyl (C=O) groups is 2. The molecular weight excluding hydrogens is 396 g/mol. The summed E-state index contributed by atoms with van der Waals surface area (Å²) in [6, 6.07) is 14.5. The fourth-order valence-electron chi connectivity index (χ4n) is 3.51. The van der Waals surface area contributed by atoms with E-state index < -0.39 is 0 Å². The summed E-state index contributed by atoms with van der Waals surface area (Å²) in [5.41, 5.74) is 7.31. The first-order valence-corrected chi connectivity index (χ1v) is 9.72. The number of fused-ring (bicyclic) bond motifs is 1. The maximum Gasteiger partial charge on any atom is 0.271 e. The molecule has 4 rings (SSSR count). The van der Waals surface area contributed by atoms with E-state index >= 15 is 0 Å². The van der Waals surface area contributed by atoms with Crippen LogP contribution in [0.4, 0.5) is 5.69 Å². The number of ether oxygens (including phenoxy) is 2. The molecule has 0 saturated carbocycles. The van der Waals surface area contributed by atoms with E-state index in [1.807, 2.05) is 38.1 Å². The molecule has 8 nitrogen and oxygen atoms in total. The second kappa shape index (κ2) is 8.35. The summed E-state index contributed by atoms with van der Waals surface area (Å²) in [6.07, 6.45) is 1.61. The molecule has 0 spiro atoms. The number of hydrogen-bond donors (Lipinski definition) is 2. The van der Waals surface area contributed by atoms with Crippen LogP contribution in [0.5, 0.6) is 11.5 Å². The van der Waals surface area contributed by atoms with Crippen molar-refractivity contribution in [2.75, 3.05) is 12.1 Å². The van der Waals surface area contributed by atoms with Crippen molar-refractivity contribution in [3.05, 3.63) is 71.0 Å². The average Bonchev–Trinajstić information content (AvgIpc) is 3.31. The molecule has 1 aromatic heterocycles. The molecule has 3 aromatic rings. The van der Waals surface area contributed by atoms with Gasteiger partial charge in [0.2, 0.25) is 12.7 Å². The van der Waals surface area contributed by atoms with Crippen LogP contribution in [0, 0.1) is 13.8 Å². The molecule has 0 radical (unpaired) electrons. The van der Waals surface area contributed by atoms with E-state index in [1.54, 1.807) is 30.5 Å². The zero-order valence-corrected chi connectivity index (χ0v) is 17.4. The van der Waals surface area contributed by atoms with Crippen molar-refractivity contribution in [2.45, 2.75) is 20.8 Å². The molecule has 31 heavy (non-hydrogen) atoms. The number of benzene rings is 2. The van der Waals surface area contributed by atoms with Gasteiger partial charge in [-0.2, -0.15) is 5.10 Å². The smallest absolute Gasteiger partial charge is 0.271 e. The van der Waals surface area contributed by atoms with Crippen molar-refractivity contribution in [3.8, 4) is 17.2 Å². The Hall–Kier alpha value is -4.07. The number of nitrogens with zero attached hydrogens (tertiary/aromatic N) is 2. The molecule has 2 amide bonds. The Balaban J connectivity index is 1.49. The van der Waals surface area contributed by atoms with E-state index in [0.717, 1.165) is 28.4 Å². The normalized spacial score (nSPS) is 12.2. The van der Waals surface area contributed by atoms with E-state index in [2.05, 4.69) is 20.4 Å². The lowest BCUT2D eigenvalue weighted by atomic mass is 10.2. The molecule has 0 fully saturated rings. The Labute approximate surface area is 179 Å². The minimum atomic E-state index is -0.368. The number of anilines is 1. The fraction of sp³-hybridized carbons (Fsp3) is 0.174. The Morgan fingerprint density at radius 1 is 1.06 bits per heavy atom. The molecule has 8 heteroatoms. The fourth-order valence-corrected chi connectivity index (χ4v) is 3.51. The average molecular weight is 418 g/mol. The van der Waals surface area contributed by atoms with Crippen molar-refractivity contribution in [1.29, 1.82) is 0 Å². The van der Waals surface area contributed by atoms with Gasteiger partial charge < -0.3 is 19.4 Å². The molecule has 2 aromatic carbocycles. The van der Waals surface area contributed by atoms with Gasteiger partial charge in [0, 0.05) is 46.9 Å². The van der Waals surface area contributed by atoms with E-state index in [0.29, 0.717) is 17.0 Å². The number of carbonyl (C=O) groups excluding carboxylic acids is 2. The summed E-state index contributed by atoms with van der Waals surface area (Å²) in [6.45, 7) is 5.63. The van der Waals surface area contributed by atoms with Crippen LogP contribution in [0.15, 0.2) is 53.6 Å². The zero-order valence-electron chi connectivity index (χ0n) is 17.4. The Kier molecular flexibility index (Phi) is 5.44. The Morgan fingerprint density at radius 3 is 2.68 bits per heavy atom. The SMILES string of the molecule is CC(=O)Nc1cccc(C(=O)N/N=C/c2cc(C)n(-c3ccc4c(c3)OCO4)c2C)c1. The van der Waals surface area contributed by atoms with Gasteiger partial charge in [-0.3, -0.25) is 9.59 Å². The maximum atomic E-state index is 12.4. The number of nitrogens with one attached hydrogen (secondary N) is 2. The number of rotatable bonds is 5. The minimum absolute atomic E-state index is 0.201. The van der Waals surface area contributed by atoms with Crippen LogP contribution >= 0.6 is 0 Å². The third-order valence-corrected chi connectivity index (χ3v) is 4.90. The van der Waals surface area contributed by atoms with Gasteiger partial charge in [-0.05, 0) is 50.2 Å². The summed E-state index contributed by atoms with van der Waals surface area (Å²) in [4.78, 5) is 23.6. The monoisotopic (exact) mass is 418 g/mol. The first-order valence-electron chi connectivity index (χ1n) is 9.72. The summed E-state index contributed by atoms with van der Waals surface area (Å²) < 4.78 is 12.9. The number of amides is 2. The van der Waals surface area contributed by atoms with Crippen molar-refractivity contribution >= 4 is 23.7 Å². The highest BCUT2D eigenvalue weighted by Crippen LogP contribution is 2.34. The van der Waals surface area contributed by atoms with E-state index in [4.69, 9.17) is 9.47 Å². The first kappa shape index (κ1) is 20.2. The third-order valence-electron chi connectivity index (χ3n) is 4.90. The second-order valence-corrected chi connectivity index (χ2v) is 7.16. The standard InChI is InChI=1S/C23H22N4O4/c1-14-9-18(15(2)27(14)20-7-8-21-22(11-20)31-13-30-21)12-24-26-23(29)17-5-4-6-19(10-17)25-16(3)28/h4-12H,13H2,1-3H3,(H,25,28)(H,26,29)/b24-12+. The number of hydrazone groups is 1. The Bertz CT molecular complexity index is 1200. The zero-order chi connectivity index (χ0) is 22.0. The molecule has 1 aliphatic rings. The van der Waals surface area contributed by atoms with Crippen molar-refractivity contribution in [2.24, 2.45) is 5.10 Å². The van der Waals surface area contributed by atoms with Crippen LogP contribution in [0.3, 0.4) is 0 Å². The topological polar surface area (TPSA) is 94.0 Å². The van der Waals surface area contributed by atoms with E-state index in [1.165, 1.54) is 6.92 Å². The van der Waals surface area contributed by atoms with Crippen LogP contribution in [0.1, 0.15) is 34.2 Å². The van der Waals surface area contributed by atoms with Crippen LogP contribution in [-0.4, -0.2) is 29.4 Å². The van der Waals surface area contributed by atoms with Crippen LogP contribution in [-0.2, 0) is 4.79 Å². The van der Waals surface area contributed by atoms with E-state index in [9.17, 15) is 9.59 Å². The highest BCUT2D eigenvalue weighted by molar-refractivity contribution is 5.97. The van der Waals surface area contributed by atoms with Crippen molar-refractivity contribution in [3.63, 3.8) is 0 Å². The maximum absolute atomic E-state index is 12.4. The Morgan fingerprint density at radius 2 is 1.87 bits per heavy atom. The number of aryl methyl sites for hydroxylation is 1. The first-order chi connectivity index (χ1) is 14.9. The lowest BCUT2D eigenvalue weighted by molar-refractivity contribution is -0.114. The largest absolute Gasteiger partial charge is 0.454 e. The molecule has 1 aliphatic heterocycles. The van der Waals surface area contributed by atoms with E-state index in [-0.39, 0.29) is 18.6 Å². The summed E-state index contributed by atoms with van der Waals surface area (Å²) in [5, 5.41) is 6.76. The van der Waals surface area contributed by atoms with Crippen LogP contribution < -0.4 is 20.2 Å². The lowest BCUT2D eigenvalue weighted by Crippen LogP contribution is -2.18. The molecule has 0 saturated heterocycles. The third kappa shape index (κ3) is 4.28. The highest BCUT2D eigenvalue weighted by Gasteiger charge is 2.16. The molecular formula is C23H22N4O4. The molecule has 0 aliphatic carbocycles. The lowest BCUT2D eigenvalue weighted by Gasteiger charge is -2.10. The van der Waals surface area contributed by atoms with Gasteiger partial charge in [-0.25, -0.2) is 5.43 Å². The molecule has 0 bridgehead atoms. The van der Waals surface area contributed by atoms with Gasteiger partial charge in [0.25, 0.3) is 5.91 Å². The predicted molar refractivity (Wildman–Crippen MR) is 117 cm³/mol. The van der Waals surface area contributed by atoms with Gasteiger partial charge in [-0.1, -0.05) is 6.07 Å². The van der Waals surface area contributed by atoms with Gasteiger partial charge in [0.1, 0.15) is 0 Å². The number of aromatic nitrogens is 1. The number of hydrogen-bond acceptors (Lipinski definition) is 5. The van der Waals surface area contributed by atoms with Gasteiger partial charge in [0.15, 0.2) is 11.5 Å². The molecule has 158 valence electrons. The van der Waals surface area contributed by atoms with Gasteiger partial charge in [-0.15, -0.1) is 0 Å². The predicted octanol–water partition coefficient (Wildman–Crippen LogP) is 3.55. The van der Waals surface area contributed by atoms with Gasteiger partial charge >= 0.3 is 0 Å². The van der Waals surface area contributed by atoms with Crippen LogP contribution in [0.2, 0.25) is 0 Å². The quantitative estimate of drug-likeness (QED) is 0.489. The van der Waals surface area contributed by atoms with Crippen LogP contribution in [0.25, 0.3) is 5.69 Å².